The normalized spacial score (nSPS) is 16.2. The van der Waals surface area contributed by atoms with Crippen LogP contribution in [0.4, 0.5) is 0 Å². The monoisotopic (exact) mass is 262 g/mol. The molecule has 0 amide bonds. The van der Waals surface area contributed by atoms with Crippen LogP contribution in [0, 0.1) is 5.92 Å². The molecule has 19 heavy (non-hydrogen) atoms. The standard InChI is InChI=1S/C16H26N2O/c1-16(2,3)14-5-6-15(19-4)13(7-14)11-18-10-12-8-17-9-12/h5-7,12,17-18H,8-11H2,1-4H3. The highest BCUT2D eigenvalue weighted by Gasteiger charge is 2.17. The second kappa shape index (κ2) is 5.93. The topological polar surface area (TPSA) is 33.3 Å². The van der Waals surface area contributed by atoms with Crippen LogP contribution >= 0.6 is 0 Å². The molecule has 1 fully saturated rings. The molecule has 2 N–H and O–H groups in total. The van der Waals surface area contributed by atoms with Gasteiger partial charge in [0.25, 0.3) is 0 Å². The molecule has 0 aromatic heterocycles. The lowest BCUT2D eigenvalue weighted by Crippen LogP contribution is -2.47. The van der Waals surface area contributed by atoms with Crippen molar-refractivity contribution in [2.75, 3.05) is 26.7 Å². The summed E-state index contributed by atoms with van der Waals surface area (Å²) in [6, 6.07) is 6.52. The van der Waals surface area contributed by atoms with Crippen molar-refractivity contribution in [3.63, 3.8) is 0 Å². The van der Waals surface area contributed by atoms with E-state index in [1.165, 1.54) is 11.1 Å². The number of hydrogen-bond acceptors (Lipinski definition) is 3. The Balaban J connectivity index is 2.02. The van der Waals surface area contributed by atoms with Gasteiger partial charge in [-0.3, -0.25) is 0 Å². The van der Waals surface area contributed by atoms with Crippen LogP contribution in [0.3, 0.4) is 0 Å². The lowest BCUT2D eigenvalue weighted by Gasteiger charge is -2.27. The molecule has 3 nitrogen and oxygen atoms in total. The molecule has 1 aliphatic rings. The Morgan fingerprint density at radius 2 is 2.05 bits per heavy atom. The van der Waals surface area contributed by atoms with Crippen LogP contribution in [0.5, 0.6) is 5.75 Å². The van der Waals surface area contributed by atoms with Crippen molar-refractivity contribution >= 4 is 0 Å². The van der Waals surface area contributed by atoms with Gasteiger partial charge in [-0.05, 0) is 23.0 Å². The van der Waals surface area contributed by atoms with Crippen LogP contribution in [0.25, 0.3) is 0 Å². The molecule has 1 aliphatic heterocycles. The molecule has 1 saturated heterocycles. The van der Waals surface area contributed by atoms with E-state index < -0.39 is 0 Å². The van der Waals surface area contributed by atoms with Gasteiger partial charge in [-0.25, -0.2) is 0 Å². The summed E-state index contributed by atoms with van der Waals surface area (Å²) >= 11 is 0. The van der Waals surface area contributed by atoms with E-state index in [2.05, 4.69) is 49.6 Å². The first kappa shape index (κ1) is 14.4. The fraction of sp³-hybridized carbons (Fsp3) is 0.625. The molecule has 0 bridgehead atoms. The molecule has 1 aromatic rings. The summed E-state index contributed by atoms with van der Waals surface area (Å²) in [7, 11) is 1.74. The molecule has 0 aliphatic carbocycles. The maximum atomic E-state index is 5.46. The van der Waals surface area contributed by atoms with Gasteiger partial charge in [-0.15, -0.1) is 0 Å². The van der Waals surface area contributed by atoms with Crippen molar-refractivity contribution in [3.8, 4) is 5.75 Å². The number of benzene rings is 1. The van der Waals surface area contributed by atoms with Crippen molar-refractivity contribution in [2.45, 2.75) is 32.7 Å². The molecule has 0 atom stereocenters. The maximum absolute atomic E-state index is 5.46. The number of hydrogen-bond donors (Lipinski definition) is 2. The SMILES string of the molecule is COc1ccc(C(C)(C)C)cc1CNCC1CNC1. The molecule has 0 unspecified atom stereocenters. The fourth-order valence-electron chi connectivity index (χ4n) is 2.29. The van der Waals surface area contributed by atoms with E-state index in [1.54, 1.807) is 7.11 Å². The zero-order chi connectivity index (χ0) is 13.9. The molecule has 1 aromatic carbocycles. The predicted octanol–water partition coefficient (Wildman–Crippen LogP) is 2.30. The third kappa shape index (κ3) is 3.71. The van der Waals surface area contributed by atoms with Gasteiger partial charge in [0.15, 0.2) is 0 Å². The van der Waals surface area contributed by atoms with E-state index in [-0.39, 0.29) is 5.41 Å². The zero-order valence-electron chi connectivity index (χ0n) is 12.5. The van der Waals surface area contributed by atoms with Crippen LogP contribution in [0.15, 0.2) is 18.2 Å². The van der Waals surface area contributed by atoms with Gasteiger partial charge in [0, 0.05) is 31.7 Å². The second-order valence-corrected chi connectivity index (χ2v) is 6.43. The third-order valence-electron chi connectivity index (χ3n) is 3.76. The minimum Gasteiger partial charge on any atom is -0.496 e. The van der Waals surface area contributed by atoms with Crippen LogP contribution in [0.1, 0.15) is 31.9 Å². The minimum absolute atomic E-state index is 0.179. The van der Waals surface area contributed by atoms with Gasteiger partial charge in [0.05, 0.1) is 7.11 Å². The quantitative estimate of drug-likeness (QED) is 0.854. The van der Waals surface area contributed by atoms with Gasteiger partial charge in [-0.1, -0.05) is 32.9 Å². The van der Waals surface area contributed by atoms with Crippen molar-refractivity contribution in [1.82, 2.24) is 10.6 Å². The van der Waals surface area contributed by atoms with E-state index in [0.29, 0.717) is 0 Å². The lowest BCUT2D eigenvalue weighted by atomic mass is 9.86. The molecule has 0 radical (unpaired) electrons. The second-order valence-electron chi connectivity index (χ2n) is 6.43. The first-order valence-corrected chi connectivity index (χ1v) is 7.09. The van der Waals surface area contributed by atoms with Crippen molar-refractivity contribution in [2.24, 2.45) is 5.92 Å². The van der Waals surface area contributed by atoms with Crippen LogP contribution in [0.2, 0.25) is 0 Å². The van der Waals surface area contributed by atoms with Gasteiger partial charge in [0.2, 0.25) is 0 Å². The Labute approximate surface area is 116 Å². The highest BCUT2D eigenvalue weighted by Crippen LogP contribution is 2.27. The van der Waals surface area contributed by atoms with Crippen molar-refractivity contribution in [3.05, 3.63) is 29.3 Å². The maximum Gasteiger partial charge on any atom is 0.123 e. The van der Waals surface area contributed by atoms with E-state index in [1.807, 2.05) is 0 Å². The zero-order valence-corrected chi connectivity index (χ0v) is 12.5. The third-order valence-corrected chi connectivity index (χ3v) is 3.76. The molecule has 0 saturated carbocycles. The van der Waals surface area contributed by atoms with Crippen LogP contribution < -0.4 is 15.4 Å². The largest absolute Gasteiger partial charge is 0.496 e. The first-order chi connectivity index (χ1) is 9.00. The first-order valence-electron chi connectivity index (χ1n) is 7.09. The molecule has 0 spiro atoms. The lowest BCUT2D eigenvalue weighted by molar-refractivity contribution is 0.330. The van der Waals surface area contributed by atoms with Gasteiger partial charge in [-0.2, -0.15) is 0 Å². The Bertz CT molecular complexity index is 419. The highest BCUT2D eigenvalue weighted by atomic mass is 16.5. The van der Waals surface area contributed by atoms with Crippen molar-refractivity contribution in [1.29, 1.82) is 0 Å². The van der Waals surface area contributed by atoms with E-state index >= 15 is 0 Å². The van der Waals surface area contributed by atoms with E-state index in [0.717, 1.165) is 37.8 Å². The smallest absolute Gasteiger partial charge is 0.123 e. The summed E-state index contributed by atoms with van der Waals surface area (Å²) in [5.41, 5.74) is 2.79. The summed E-state index contributed by atoms with van der Waals surface area (Å²) in [6.45, 7) is 11.0. The van der Waals surface area contributed by atoms with Crippen LogP contribution in [-0.2, 0) is 12.0 Å². The molecule has 1 heterocycles. The Morgan fingerprint density at radius 3 is 2.58 bits per heavy atom. The molecule has 2 rings (SSSR count). The van der Waals surface area contributed by atoms with E-state index in [4.69, 9.17) is 4.74 Å². The minimum atomic E-state index is 0.179. The number of ether oxygens (including phenoxy) is 1. The highest BCUT2D eigenvalue weighted by molar-refractivity contribution is 5.39. The number of rotatable bonds is 5. The predicted molar refractivity (Wildman–Crippen MR) is 79.8 cm³/mol. The molecule has 106 valence electrons. The van der Waals surface area contributed by atoms with Gasteiger partial charge < -0.3 is 15.4 Å². The Morgan fingerprint density at radius 1 is 1.32 bits per heavy atom. The van der Waals surface area contributed by atoms with Gasteiger partial charge >= 0.3 is 0 Å². The molecule has 3 heteroatoms. The summed E-state index contributed by atoms with van der Waals surface area (Å²) in [6.07, 6.45) is 0. The Kier molecular flexibility index (Phi) is 4.48. The van der Waals surface area contributed by atoms with E-state index in [9.17, 15) is 0 Å². The molecular formula is C16H26N2O. The van der Waals surface area contributed by atoms with Crippen LogP contribution in [-0.4, -0.2) is 26.7 Å². The summed E-state index contributed by atoms with van der Waals surface area (Å²) in [5, 5.41) is 6.83. The Hall–Kier alpha value is -1.06. The van der Waals surface area contributed by atoms with Crippen molar-refractivity contribution < 1.29 is 4.74 Å². The summed E-state index contributed by atoms with van der Waals surface area (Å²) < 4.78 is 5.46. The molecular weight excluding hydrogens is 236 g/mol. The number of nitrogens with one attached hydrogen (secondary N) is 2. The summed E-state index contributed by atoms with van der Waals surface area (Å²) in [5.74, 6) is 1.77. The fourth-order valence-corrected chi connectivity index (χ4v) is 2.29. The summed E-state index contributed by atoms with van der Waals surface area (Å²) in [4.78, 5) is 0. The average molecular weight is 262 g/mol. The van der Waals surface area contributed by atoms with Gasteiger partial charge in [0.1, 0.15) is 5.75 Å². The number of methoxy groups -OCH3 is 1. The average Bonchev–Trinajstić information content (AvgIpc) is 2.31.